The maximum atomic E-state index is 12.5. The van der Waals surface area contributed by atoms with Crippen LogP contribution in [0, 0.1) is 11.8 Å². The third kappa shape index (κ3) is 11.5. The van der Waals surface area contributed by atoms with Crippen molar-refractivity contribution in [1.29, 1.82) is 0 Å². The van der Waals surface area contributed by atoms with Gasteiger partial charge in [-0.25, -0.2) is 4.79 Å². The van der Waals surface area contributed by atoms with Gasteiger partial charge in [0.25, 0.3) is 0 Å². The fourth-order valence-electron chi connectivity index (χ4n) is 3.07. The van der Waals surface area contributed by atoms with Gasteiger partial charge in [-0.05, 0) is 42.9 Å². The number of hydrogen-bond donors (Lipinski definition) is 2. The molecule has 1 aromatic rings. The van der Waals surface area contributed by atoms with Crippen LogP contribution in [0.5, 0.6) is 11.5 Å². The van der Waals surface area contributed by atoms with Crippen LogP contribution in [-0.2, 0) is 30.3 Å². The largest absolute Gasteiger partial charge is 0.508 e. The fraction of sp³-hybridized carbons (Fsp3) is 0.615. The number of hydrogen-bond acceptors (Lipinski definition) is 9. The van der Waals surface area contributed by atoms with E-state index in [1.165, 1.54) is 19.2 Å². The molecule has 0 bridgehead atoms. The summed E-state index contributed by atoms with van der Waals surface area (Å²) in [6.45, 7) is 9.49. The number of esters is 2. The highest BCUT2D eigenvalue weighted by atomic mass is 16.7. The maximum absolute atomic E-state index is 12.5. The number of methoxy groups -OCH3 is 1. The Morgan fingerprint density at radius 2 is 1.47 bits per heavy atom. The molecular weight excluding hydrogens is 470 g/mol. The Kier molecular flexibility index (Phi) is 13.5. The van der Waals surface area contributed by atoms with Crippen molar-refractivity contribution < 1.29 is 43.2 Å². The van der Waals surface area contributed by atoms with E-state index in [0.717, 1.165) is 12.8 Å². The molecule has 0 heterocycles. The van der Waals surface area contributed by atoms with E-state index in [4.69, 9.17) is 14.2 Å². The highest BCUT2D eigenvalue weighted by Gasteiger charge is 2.22. The third-order valence-corrected chi connectivity index (χ3v) is 5.73. The first kappa shape index (κ1) is 30.9. The molecule has 0 fully saturated rings. The summed E-state index contributed by atoms with van der Waals surface area (Å²) in [4.78, 5) is 47.8. The molecule has 1 rings (SSSR count). The Balaban J connectivity index is 3.06. The van der Waals surface area contributed by atoms with E-state index in [-0.39, 0.29) is 49.1 Å². The normalized spacial score (nSPS) is 14.2. The smallest absolute Gasteiger partial charge is 0.480 e. The molecule has 10 heteroatoms. The van der Waals surface area contributed by atoms with Crippen molar-refractivity contribution in [3.8, 4) is 11.5 Å². The van der Waals surface area contributed by atoms with Gasteiger partial charge >= 0.3 is 24.1 Å². The number of carbonyl (C=O) groups is 4. The molecule has 0 spiro atoms. The Hall–Kier alpha value is -3.14. The molecule has 0 aliphatic rings. The second-order valence-electron chi connectivity index (χ2n) is 9.05. The summed E-state index contributed by atoms with van der Waals surface area (Å²) in [5, 5.41) is 12.5. The van der Waals surface area contributed by atoms with Crippen LogP contribution in [0.2, 0.25) is 0 Å². The summed E-state index contributed by atoms with van der Waals surface area (Å²) in [7, 11) is 1.18. The van der Waals surface area contributed by atoms with Gasteiger partial charge in [-0.1, -0.05) is 46.6 Å². The van der Waals surface area contributed by atoms with Crippen LogP contribution in [0.4, 0.5) is 4.79 Å². The predicted molar refractivity (Wildman–Crippen MR) is 132 cm³/mol. The van der Waals surface area contributed by atoms with E-state index in [0.29, 0.717) is 5.56 Å². The number of carboxylic acids is 1. The van der Waals surface area contributed by atoms with Gasteiger partial charge in [-0.15, -0.1) is 0 Å². The minimum absolute atomic E-state index is 0.0390. The average molecular weight is 510 g/mol. The van der Waals surface area contributed by atoms with Crippen molar-refractivity contribution in [1.82, 2.24) is 5.32 Å². The standard InChI is InChI=1S/C26H39NO9/c1-7-16(3)11-23(28)35-21-10-9-19(14-22(21)36-24(29)12-17(4)8-2)13-20(25(30)31)27-15-18(5)34-26(32)33-6/h9-10,14,16-18,20,27H,7-8,11-13,15H2,1-6H3,(H,30,31)/t16?,17?,18?,20-/m0/s1. The monoisotopic (exact) mass is 509 g/mol. The quantitative estimate of drug-likeness (QED) is 0.262. The molecule has 202 valence electrons. The first-order chi connectivity index (χ1) is 17.0. The number of rotatable bonds is 15. The highest BCUT2D eigenvalue weighted by Crippen LogP contribution is 2.30. The Morgan fingerprint density at radius 1 is 0.917 bits per heavy atom. The Morgan fingerprint density at radius 3 is 1.97 bits per heavy atom. The molecule has 0 aliphatic carbocycles. The predicted octanol–water partition coefficient (Wildman–Crippen LogP) is 4.13. The van der Waals surface area contributed by atoms with Gasteiger partial charge in [-0.3, -0.25) is 14.4 Å². The highest BCUT2D eigenvalue weighted by molar-refractivity contribution is 5.77. The van der Waals surface area contributed by atoms with Crippen molar-refractivity contribution in [2.75, 3.05) is 13.7 Å². The summed E-state index contributed by atoms with van der Waals surface area (Å²) >= 11 is 0. The Bertz CT molecular complexity index is 886. The van der Waals surface area contributed by atoms with E-state index in [1.807, 2.05) is 27.7 Å². The zero-order valence-electron chi connectivity index (χ0n) is 22.0. The van der Waals surface area contributed by atoms with Crippen LogP contribution in [0.15, 0.2) is 18.2 Å². The van der Waals surface area contributed by atoms with Gasteiger partial charge in [0.2, 0.25) is 0 Å². The number of aliphatic carboxylic acids is 1. The molecule has 4 atom stereocenters. The van der Waals surface area contributed by atoms with E-state index in [2.05, 4.69) is 10.1 Å². The third-order valence-electron chi connectivity index (χ3n) is 5.73. The van der Waals surface area contributed by atoms with Crippen molar-refractivity contribution >= 4 is 24.1 Å². The lowest BCUT2D eigenvalue weighted by atomic mass is 10.0. The van der Waals surface area contributed by atoms with E-state index >= 15 is 0 Å². The molecule has 36 heavy (non-hydrogen) atoms. The molecule has 0 aliphatic heterocycles. The van der Waals surface area contributed by atoms with Gasteiger partial charge in [0.15, 0.2) is 11.5 Å². The Labute approximate surface area is 212 Å². The first-order valence-corrected chi connectivity index (χ1v) is 12.2. The van der Waals surface area contributed by atoms with Gasteiger partial charge < -0.3 is 29.4 Å². The van der Waals surface area contributed by atoms with Gasteiger partial charge in [0.1, 0.15) is 12.1 Å². The van der Waals surface area contributed by atoms with E-state index in [1.54, 1.807) is 13.0 Å². The summed E-state index contributed by atoms with van der Waals surface area (Å²) in [5.41, 5.74) is 0.546. The van der Waals surface area contributed by atoms with Crippen molar-refractivity contribution in [2.45, 2.75) is 78.9 Å². The average Bonchev–Trinajstić information content (AvgIpc) is 2.82. The number of ether oxygens (including phenoxy) is 4. The molecule has 1 aromatic carbocycles. The molecular formula is C26H39NO9. The summed E-state index contributed by atoms with van der Waals surface area (Å²) < 4.78 is 20.4. The van der Waals surface area contributed by atoms with Gasteiger partial charge in [-0.2, -0.15) is 0 Å². The molecule has 0 amide bonds. The number of benzene rings is 1. The van der Waals surface area contributed by atoms with Crippen LogP contribution in [0.25, 0.3) is 0 Å². The lowest BCUT2D eigenvalue weighted by Crippen LogP contribution is -2.42. The zero-order valence-corrected chi connectivity index (χ0v) is 22.0. The van der Waals surface area contributed by atoms with Crippen LogP contribution in [0.1, 0.15) is 65.9 Å². The van der Waals surface area contributed by atoms with Gasteiger partial charge in [0.05, 0.1) is 7.11 Å². The molecule has 0 saturated heterocycles. The fourth-order valence-corrected chi connectivity index (χ4v) is 3.07. The second kappa shape index (κ2) is 15.8. The van der Waals surface area contributed by atoms with E-state index < -0.39 is 36.2 Å². The van der Waals surface area contributed by atoms with Crippen molar-refractivity contribution in [3.63, 3.8) is 0 Å². The molecule has 0 saturated carbocycles. The minimum Gasteiger partial charge on any atom is -0.480 e. The van der Waals surface area contributed by atoms with Crippen molar-refractivity contribution in [3.05, 3.63) is 23.8 Å². The first-order valence-electron chi connectivity index (χ1n) is 12.2. The molecule has 0 aromatic heterocycles. The molecule has 0 radical (unpaired) electrons. The summed E-state index contributed by atoms with van der Waals surface area (Å²) in [6.07, 6.45) is 0.584. The van der Waals surface area contributed by atoms with Crippen LogP contribution in [-0.4, -0.2) is 55.0 Å². The van der Waals surface area contributed by atoms with Gasteiger partial charge in [0, 0.05) is 19.4 Å². The zero-order chi connectivity index (χ0) is 27.3. The summed E-state index contributed by atoms with van der Waals surface area (Å²) in [6, 6.07) is 3.60. The van der Waals surface area contributed by atoms with Crippen LogP contribution >= 0.6 is 0 Å². The lowest BCUT2D eigenvalue weighted by Gasteiger charge is -2.19. The number of carbonyl (C=O) groups excluding carboxylic acids is 3. The topological polar surface area (TPSA) is 137 Å². The maximum Gasteiger partial charge on any atom is 0.508 e. The molecule has 10 nitrogen and oxygen atoms in total. The molecule has 3 unspecified atom stereocenters. The SMILES string of the molecule is CCC(C)CC(=O)Oc1ccc(C[C@H](NCC(C)OC(=O)OC)C(=O)O)cc1OC(=O)CC(C)CC. The minimum atomic E-state index is -1.11. The lowest BCUT2D eigenvalue weighted by molar-refractivity contribution is -0.139. The van der Waals surface area contributed by atoms with Crippen LogP contribution < -0.4 is 14.8 Å². The van der Waals surface area contributed by atoms with Crippen LogP contribution in [0.3, 0.4) is 0 Å². The summed E-state index contributed by atoms with van der Waals surface area (Å²) in [5.74, 6) is -1.61. The number of carboxylic acid groups (broad SMARTS) is 1. The number of nitrogens with one attached hydrogen (secondary N) is 1. The second-order valence-corrected chi connectivity index (χ2v) is 9.05. The van der Waals surface area contributed by atoms with Crippen molar-refractivity contribution in [2.24, 2.45) is 11.8 Å². The molecule has 2 N–H and O–H groups in total. The van der Waals surface area contributed by atoms with E-state index in [9.17, 15) is 24.3 Å².